The van der Waals surface area contributed by atoms with Crippen molar-refractivity contribution in [2.45, 2.75) is 31.3 Å². The number of methoxy groups -OCH3 is 1. The van der Waals surface area contributed by atoms with Crippen LogP contribution in [0.4, 0.5) is 0 Å². The molecule has 5 rings (SSSR count). The average molecular weight is 399 g/mol. The third kappa shape index (κ3) is 2.43. The predicted molar refractivity (Wildman–Crippen MR) is 109 cm³/mol. The van der Waals surface area contributed by atoms with Gasteiger partial charge < -0.3 is 4.74 Å². The van der Waals surface area contributed by atoms with E-state index in [9.17, 15) is 4.79 Å². The van der Waals surface area contributed by atoms with Gasteiger partial charge in [0.25, 0.3) is 5.56 Å². The van der Waals surface area contributed by atoms with E-state index in [1.165, 1.54) is 10.4 Å². The predicted octanol–water partition coefficient (Wildman–Crippen LogP) is 3.70. The zero-order valence-electron chi connectivity index (χ0n) is 15.1. The number of fused-ring (bicyclic) bond motifs is 5. The van der Waals surface area contributed by atoms with Crippen LogP contribution in [0.1, 0.15) is 23.8 Å². The van der Waals surface area contributed by atoms with E-state index in [1.807, 2.05) is 24.3 Å². The van der Waals surface area contributed by atoms with E-state index in [0.29, 0.717) is 5.78 Å². The minimum atomic E-state index is -0.0116. The number of rotatable bonds is 4. The highest BCUT2D eigenvalue weighted by Gasteiger charge is 2.26. The standard InChI is InChI=1S/C19H18N4O2S2/c1-3-26-19-21-20-18-22(11-7-9-12(25-2)10-8-11)16(24)15-13-5-4-6-14(13)27-17(15)23(18)19/h7-10H,3-6H2,1-2H3. The molecule has 138 valence electrons. The van der Waals surface area contributed by atoms with Crippen molar-refractivity contribution in [1.82, 2.24) is 19.2 Å². The molecule has 27 heavy (non-hydrogen) atoms. The van der Waals surface area contributed by atoms with Gasteiger partial charge in [-0.25, -0.2) is 8.97 Å². The Morgan fingerprint density at radius 3 is 2.78 bits per heavy atom. The van der Waals surface area contributed by atoms with Crippen LogP contribution in [0.5, 0.6) is 5.75 Å². The third-order valence-corrected chi connectivity index (χ3v) is 7.03. The molecule has 3 aromatic heterocycles. The summed E-state index contributed by atoms with van der Waals surface area (Å²) < 4.78 is 8.99. The van der Waals surface area contributed by atoms with Gasteiger partial charge in [0, 0.05) is 4.88 Å². The Balaban J connectivity index is 1.91. The lowest BCUT2D eigenvalue weighted by Crippen LogP contribution is -2.21. The molecule has 6 nitrogen and oxygen atoms in total. The fourth-order valence-electron chi connectivity index (χ4n) is 3.74. The van der Waals surface area contributed by atoms with E-state index >= 15 is 0 Å². The van der Waals surface area contributed by atoms with Crippen molar-refractivity contribution in [3.63, 3.8) is 0 Å². The first kappa shape index (κ1) is 16.8. The number of hydrogen-bond donors (Lipinski definition) is 0. The fourth-order valence-corrected chi connectivity index (χ4v) is 5.84. The first-order chi connectivity index (χ1) is 13.2. The molecular weight excluding hydrogens is 380 g/mol. The monoisotopic (exact) mass is 398 g/mol. The van der Waals surface area contributed by atoms with Crippen LogP contribution in [-0.2, 0) is 12.8 Å². The minimum absolute atomic E-state index is 0.0116. The van der Waals surface area contributed by atoms with Crippen molar-refractivity contribution in [1.29, 1.82) is 0 Å². The molecule has 0 spiro atoms. The summed E-state index contributed by atoms with van der Waals surface area (Å²) in [6.07, 6.45) is 3.14. The van der Waals surface area contributed by atoms with Crippen LogP contribution in [0, 0.1) is 0 Å². The first-order valence-corrected chi connectivity index (χ1v) is 10.7. The second-order valence-electron chi connectivity index (χ2n) is 6.43. The quantitative estimate of drug-likeness (QED) is 0.491. The van der Waals surface area contributed by atoms with Gasteiger partial charge in [0.1, 0.15) is 10.6 Å². The van der Waals surface area contributed by atoms with Gasteiger partial charge in [-0.3, -0.25) is 4.79 Å². The minimum Gasteiger partial charge on any atom is -0.497 e. The molecule has 0 saturated carbocycles. The van der Waals surface area contributed by atoms with Crippen molar-refractivity contribution in [3.8, 4) is 11.4 Å². The van der Waals surface area contributed by atoms with E-state index < -0.39 is 0 Å². The van der Waals surface area contributed by atoms with Crippen molar-refractivity contribution in [2.75, 3.05) is 12.9 Å². The molecule has 0 aliphatic heterocycles. The largest absolute Gasteiger partial charge is 0.497 e. The second-order valence-corrected chi connectivity index (χ2v) is 8.74. The molecule has 8 heteroatoms. The summed E-state index contributed by atoms with van der Waals surface area (Å²) in [5, 5.41) is 10.4. The number of hydrogen-bond acceptors (Lipinski definition) is 6. The lowest BCUT2D eigenvalue weighted by atomic mass is 10.2. The SMILES string of the molecule is CCSc1nnc2n(-c3ccc(OC)cc3)c(=O)c3c4c(sc3n12)CCC4. The number of aromatic nitrogens is 4. The number of thioether (sulfide) groups is 1. The zero-order chi connectivity index (χ0) is 18.5. The van der Waals surface area contributed by atoms with Crippen molar-refractivity contribution >= 4 is 39.1 Å². The summed E-state index contributed by atoms with van der Waals surface area (Å²) in [4.78, 5) is 15.8. The van der Waals surface area contributed by atoms with Gasteiger partial charge in [-0.05, 0) is 54.8 Å². The highest BCUT2D eigenvalue weighted by molar-refractivity contribution is 7.99. The molecule has 0 N–H and O–H groups in total. The smallest absolute Gasteiger partial charge is 0.268 e. The lowest BCUT2D eigenvalue weighted by molar-refractivity contribution is 0.414. The molecule has 0 atom stereocenters. The topological polar surface area (TPSA) is 61.4 Å². The van der Waals surface area contributed by atoms with Crippen molar-refractivity contribution < 1.29 is 4.74 Å². The van der Waals surface area contributed by atoms with Gasteiger partial charge in [-0.2, -0.15) is 0 Å². The van der Waals surface area contributed by atoms with Gasteiger partial charge in [-0.15, -0.1) is 21.5 Å². The van der Waals surface area contributed by atoms with E-state index in [0.717, 1.165) is 51.8 Å². The summed E-state index contributed by atoms with van der Waals surface area (Å²) >= 11 is 3.36. The van der Waals surface area contributed by atoms with E-state index in [2.05, 4.69) is 21.5 Å². The molecule has 3 heterocycles. The maximum absolute atomic E-state index is 13.5. The molecule has 0 bridgehead atoms. The second kappa shape index (κ2) is 6.38. The lowest BCUT2D eigenvalue weighted by Gasteiger charge is -2.10. The molecule has 4 aromatic rings. The van der Waals surface area contributed by atoms with Gasteiger partial charge in [-0.1, -0.05) is 18.7 Å². The first-order valence-electron chi connectivity index (χ1n) is 8.94. The summed E-state index contributed by atoms with van der Waals surface area (Å²) in [5.74, 6) is 2.22. The molecule has 1 aliphatic carbocycles. The van der Waals surface area contributed by atoms with Gasteiger partial charge >= 0.3 is 0 Å². The van der Waals surface area contributed by atoms with Crippen molar-refractivity contribution in [2.24, 2.45) is 0 Å². The van der Waals surface area contributed by atoms with Crippen molar-refractivity contribution in [3.05, 3.63) is 45.1 Å². The Labute approximate surface area is 163 Å². The number of benzene rings is 1. The molecule has 0 unspecified atom stereocenters. The number of thiophene rings is 1. The fraction of sp³-hybridized carbons (Fsp3) is 0.316. The van der Waals surface area contributed by atoms with Crippen LogP contribution in [-0.4, -0.2) is 32.0 Å². The zero-order valence-corrected chi connectivity index (χ0v) is 16.7. The van der Waals surface area contributed by atoms with Gasteiger partial charge in [0.15, 0.2) is 5.16 Å². The Morgan fingerprint density at radius 1 is 1.22 bits per heavy atom. The Kier molecular flexibility index (Phi) is 3.98. The summed E-state index contributed by atoms with van der Waals surface area (Å²) in [6.45, 7) is 2.09. The van der Waals surface area contributed by atoms with Crippen LogP contribution in [0.3, 0.4) is 0 Å². The molecular formula is C19H18N4O2S2. The molecule has 0 fully saturated rings. The Hall–Kier alpha value is -2.32. The summed E-state index contributed by atoms with van der Waals surface area (Å²) in [7, 11) is 1.63. The normalized spacial score (nSPS) is 13.6. The highest BCUT2D eigenvalue weighted by atomic mass is 32.2. The molecule has 0 amide bonds. The maximum atomic E-state index is 13.5. The van der Waals surface area contributed by atoms with Crippen LogP contribution < -0.4 is 10.3 Å². The van der Waals surface area contributed by atoms with E-state index in [1.54, 1.807) is 34.8 Å². The van der Waals surface area contributed by atoms with Gasteiger partial charge in [0.2, 0.25) is 5.78 Å². The summed E-state index contributed by atoms with van der Waals surface area (Å²) in [6, 6.07) is 7.50. The highest BCUT2D eigenvalue weighted by Crippen LogP contribution is 2.37. The van der Waals surface area contributed by atoms with Crippen LogP contribution in [0.25, 0.3) is 21.7 Å². The summed E-state index contributed by atoms with van der Waals surface area (Å²) in [5.41, 5.74) is 1.97. The van der Waals surface area contributed by atoms with E-state index in [4.69, 9.17) is 4.74 Å². The molecule has 0 radical (unpaired) electrons. The number of nitrogens with zero attached hydrogens (tertiary/aromatic N) is 4. The van der Waals surface area contributed by atoms with Crippen LogP contribution in [0.15, 0.2) is 34.2 Å². The average Bonchev–Trinajstić information content (AvgIpc) is 3.37. The Bertz CT molecular complexity index is 1220. The van der Waals surface area contributed by atoms with E-state index in [-0.39, 0.29) is 5.56 Å². The Morgan fingerprint density at radius 2 is 2.04 bits per heavy atom. The van der Waals surface area contributed by atoms with Crippen LogP contribution in [0.2, 0.25) is 0 Å². The molecule has 0 saturated heterocycles. The third-order valence-electron chi connectivity index (χ3n) is 4.94. The number of ether oxygens (including phenoxy) is 1. The molecule has 1 aliphatic rings. The number of aryl methyl sites for hydroxylation is 2. The maximum Gasteiger partial charge on any atom is 0.268 e. The van der Waals surface area contributed by atoms with Crippen LogP contribution >= 0.6 is 23.1 Å². The van der Waals surface area contributed by atoms with Gasteiger partial charge in [0.05, 0.1) is 18.2 Å². The molecule has 1 aromatic carbocycles.